The molecule has 0 saturated carbocycles. The lowest BCUT2D eigenvalue weighted by Gasteiger charge is -2.35. The number of aryl methyl sites for hydroxylation is 1. The number of nitrogens with zero attached hydrogens (tertiary/aromatic N) is 1. The number of aliphatic hydroxyl groups excluding tert-OH is 1. The highest BCUT2D eigenvalue weighted by atomic mass is 16.3. The van der Waals surface area contributed by atoms with Crippen LogP contribution in [-0.2, 0) is 12.8 Å². The second-order valence-corrected chi connectivity index (χ2v) is 5.99. The molecule has 3 heteroatoms. The van der Waals surface area contributed by atoms with E-state index in [1.54, 1.807) is 0 Å². The lowest BCUT2D eigenvalue weighted by atomic mass is 9.73. The van der Waals surface area contributed by atoms with Crippen LogP contribution in [-0.4, -0.2) is 16.4 Å². The zero-order chi connectivity index (χ0) is 17.5. The number of aliphatic hydroxyl groups is 1. The van der Waals surface area contributed by atoms with Crippen LogP contribution in [0.25, 0.3) is 0 Å². The first-order chi connectivity index (χ1) is 10.4. The van der Waals surface area contributed by atoms with Crippen molar-refractivity contribution in [3.05, 3.63) is 28.1 Å². The molecule has 0 bridgehead atoms. The van der Waals surface area contributed by atoms with Crippen LogP contribution in [0.1, 0.15) is 93.9 Å². The standard InChI is InChI=1S/C15H21NO2.2C2H6/c1-5-11-10(8-17)9(2)14-12(16-11)6-15(3,4)7-13(14)18;2*1-2/h8,13,18H,5-7H2,1-4H3;2*1-2H3. The molecule has 0 amide bonds. The summed E-state index contributed by atoms with van der Waals surface area (Å²) in [5, 5.41) is 10.3. The zero-order valence-corrected chi connectivity index (χ0v) is 15.6. The Hall–Kier alpha value is -1.22. The largest absolute Gasteiger partial charge is 0.388 e. The van der Waals surface area contributed by atoms with E-state index in [4.69, 9.17) is 0 Å². The lowest BCUT2D eigenvalue weighted by molar-refractivity contribution is 0.0972. The predicted molar refractivity (Wildman–Crippen MR) is 93.5 cm³/mol. The van der Waals surface area contributed by atoms with E-state index < -0.39 is 6.10 Å². The topological polar surface area (TPSA) is 50.2 Å². The number of hydrogen-bond acceptors (Lipinski definition) is 3. The maximum absolute atomic E-state index is 11.2. The molecule has 3 nitrogen and oxygen atoms in total. The number of fused-ring (bicyclic) bond motifs is 1. The van der Waals surface area contributed by atoms with Crippen molar-refractivity contribution in [3.63, 3.8) is 0 Å². The monoisotopic (exact) mass is 307 g/mol. The summed E-state index contributed by atoms with van der Waals surface area (Å²) in [7, 11) is 0. The van der Waals surface area contributed by atoms with E-state index >= 15 is 0 Å². The predicted octanol–water partition coefficient (Wildman–Crippen LogP) is 4.82. The van der Waals surface area contributed by atoms with E-state index in [1.807, 2.05) is 41.5 Å². The van der Waals surface area contributed by atoms with Crippen LogP contribution >= 0.6 is 0 Å². The molecular formula is C19H33NO2. The molecule has 1 aliphatic carbocycles. The molecule has 1 heterocycles. The number of rotatable bonds is 2. The summed E-state index contributed by atoms with van der Waals surface area (Å²) < 4.78 is 0. The number of carbonyl (C=O) groups excluding carboxylic acids is 1. The van der Waals surface area contributed by atoms with Gasteiger partial charge in [-0.25, -0.2) is 0 Å². The first-order valence-electron chi connectivity index (χ1n) is 8.55. The second kappa shape index (κ2) is 9.04. The van der Waals surface area contributed by atoms with E-state index in [2.05, 4.69) is 18.8 Å². The molecule has 22 heavy (non-hydrogen) atoms. The molecule has 1 atom stereocenters. The van der Waals surface area contributed by atoms with E-state index in [0.717, 1.165) is 48.1 Å². The van der Waals surface area contributed by atoms with Crippen molar-refractivity contribution < 1.29 is 9.90 Å². The normalized spacial score (nSPS) is 18.1. The Labute approximate surface area is 136 Å². The van der Waals surface area contributed by atoms with Crippen molar-refractivity contribution in [2.75, 3.05) is 0 Å². The lowest BCUT2D eigenvalue weighted by Crippen LogP contribution is -2.28. The van der Waals surface area contributed by atoms with Gasteiger partial charge in [0.1, 0.15) is 0 Å². The van der Waals surface area contributed by atoms with Crippen molar-refractivity contribution >= 4 is 6.29 Å². The van der Waals surface area contributed by atoms with Crippen LogP contribution in [0, 0.1) is 12.3 Å². The highest BCUT2D eigenvalue weighted by Crippen LogP contribution is 2.42. The minimum absolute atomic E-state index is 0.0690. The van der Waals surface area contributed by atoms with Gasteiger partial charge in [-0.3, -0.25) is 9.78 Å². The fraction of sp³-hybridized carbons (Fsp3) is 0.684. The molecule has 0 radical (unpaired) electrons. The van der Waals surface area contributed by atoms with Crippen molar-refractivity contribution in [2.24, 2.45) is 5.41 Å². The van der Waals surface area contributed by atoms with Gasteiger partial charge in [0.25, 0.3) is 0 Å². The average Bonchev–Trinajstić information content (AvgIpc) is 2.49. The Kier molecular flexibility index (Phi) is 8.54. The van der Waals surface area contributed by atoms with Gasteiger partial charge in [-0.2, -0.15) is 0 Å². The number of carbonyl (C=O) groups is 1. The van der Waals surface area contributed by atoms with E-state index in [-0.39, 0.29) is 5.41 Å². The van der Waals surface area contributed by atoms with Crippen LogP contribution in [0.15, 0.2) is 0 Å². The smallest absolute Gasteiger partial charge is 0.152 e. The Morgan fingerprint density at radius 3 is 2.27 bits per heavy atom. The maximum Gasteiger partial charge on any atom is 0.152 e. The third-order valence-corrected chi connectivity index (χ3v) is 3.88. The molecule has 0 saturated heterocycles. The Bertz CT molecular complexity index is 493. The molecule has 1 aromatic rings. The van der Waals surface area contributed by atoms with Gasteiger partial charge in [-0.15, -0.1) is 0 Å². The van der Waals surface area contributed by atoms with Crippen LogP contribution in [0.2, 0.25) is 0 Å². The van der Waals surface area contributed by atoms with Gasteiger partial charge in [-0.1, -0.05) is 48.5 Å². The van der Waals surface area contributed by atoms with Crippen molar-refractivity contribution in [3.8, 4) is 0 Å². The van der Waals surface area contributed by atoms with E-state index in [0.29, 0.717) is 5.56 Å². The van der Waals surface area contributed by atoms with Gasteiger partial charge in [0.15, 0.2) is 6.29 Å². The van der Waals surface area contributed by atoms with Crippen LogP contribution in [0.5, 0.6) is 0 Å². The third kappa shape index (κ3) is 4.39. The average molecular weight is 307 g/mol. The van der Waals surface area contributed by atoms with Gasteiger partial charge in [0.2, 0.25) is 0 Å². The summed E-state index contributed by atoms with van der Waals surface area (Å²) in [5.41, 5.74) is 4.35. The number of hydrogen-bond donors (Lipinski definition) is 1. The molecule has 0 fully saturated rings. The quantitative estimate of drug-likeness (QED) is 0.797. The van der Waals surface area contributed by atoms with Crippen LogP contribution in [0.3, 0.4) is 0 Å². The highest BCUT2D eigenvalue weighted by Gasteiger charge is 2.34. The first kappa shape index (κ1) is 20.8. The first-order valence-corrected chi connectivity index (χ1v) is 8.55. The summed E-state index contributed by atoms with van der Waals surface area (Å²) >= 11 is 0. The summed E-state index contributed by atoms with van der Waals surface area (Å²) in [5.74, 6) is 0. The fourth-order valence-corrected chi connectivity index (χ4v) is 3.02. The molecule has 1 aromatic heterocycles. The third-order valence-electron chi connectivity index (χ3n) is 3.88. The van der Waals surface area contributed by atoms with Crippen LogP contribution in [0.4, 0.5) is 0 Å². The van der Waals surface area contributed by atoms with Gasteiger partial charge < -0.3 is 5.11 Å². The van der Waals surface area contributed by atoms with E-state index in [1.165, 1.54) is 0 Å². The molecule has 2 rings (SSSR count). The Balaban J connectivity index is 0.00000102. The van der Waals surface area contributed by atoms with Crippen molar-refractivity contribution in [2.45, 2.75) is 80.8 Å². The van der Waals surface area contributed by atoms with Gasteiger partial charge >= 0.3 is 0 Å². The molecule has 0 spiro atoms. The number of aldehydes is 1. The van der Waals surface area contributed by atoms with Gasteiger partial charge in [0, 0.05) is 16.8 Å². The molecule has 0 aliphatic heterocycles. The zero-order valence-electron chi connectivity index (χ0n) is 15.6. The van der Waals surface area contributed by atoms with Crippen molar-refractivity contribution in [1.29, 1.82) is 0 Å². The second-order valence-electron chi connectivity index (χ2n) is 5.99. The summed E-state index contributed by atoms with van der Waals surface area (Å²) in [4.78, 5) is 15.8. The molecule has 1 N–H and O–H groups in total. The number of aromatic nitrogens is 1. The fourth-order valence-electron chi connectivity index (χ4n) is 3.02. The van der Waals surface area contributed by atoms with Crippen molar-refractivity contribution in [1.82, 2.24) is 4.98 Å². The van der Waals surface area contributed by atoms with Gasteiger partial charge in [0.05, 0.1) is 11.8 Å². The summed E-state index contributed by atoms with van der Waals surface area (Å²) in [6.45, 7) is 16.2. The maximum atomic E-state index is 11.2. The Morgan fingerprint density at radius 1 is 1.27 bits per heavy atom. The van der Waals surface area contributed by atoms with Crippen LogP contribution < -0.4 is 0 Å². The minimum atomic E-state index is -0.499. The van der Waals surface area contributed by atoms with E-state index in [9.17, 15) is 9.90 Å². The molecular weight excluding hydrogens is 274 g/mol. The molecule has 1 aliphatic rings. The Morgan fingerprint density at radius 2 is 1.82 bits per heavy atom. The minimum Gasteiger partial charge on any atom is -0.388 e. The number of pyridine rings is 1. The molecule has 126 valence electrons. The summed E-state index contributed by atoms with van der Waals surface area (Å²) in [6.07, 6.45) is 2.71. The SMILES string of the molecule is CC.CC.CCc1nc2c(c(C)c1C=O)C(O)CC(C)(C)C2. The highest BCUT2D eigenvalue weighted by molar-refractivity contribution is 5.79. The summed E-state index contributed by atoms with van der Waals surface area (Å²) in [6, 6.07) is 0. The molecule has 1 unspecified atom stereocenters. The van der Waals surface area contributed by atoms with Gasteiger partial charge in [-0.05, 0) is 37.2 Å². The molecule has 0 aromatic carbocycles.